The summed E-state index contributed by atoms with van der Waals surface area (Å²) in [5.74, 6) is 0.558. The van der Waals surface area contributed by atoms with Gasteiger partial charge in [-0.15, -0.1) is 0 Å². The van der Waals surface area contributed by atoms with Gasteiger partial charge in [-0.3, -0.25) is 9.36 Å². The maximum Gasteiger partial charge on any atom is 0.346 e. The summed E-state index contributed by atoms with van der Waals surface area (Å²) in [5.41, 5.74) is 0.0687. The van der Waals surface area contributed by atoms with Crippen LogP contribution < -0.4 is 5.69 Å². The first kappa shape index (κ1) is 16.2. The lowest BCUT2D eigenvalue weighted by atomic mass is 9.80. The highest BCUT2D eigenvalue weighted by Gasteiger charge is 2.30. The van der Waals surface area contributed by atoms with Crippen molar-refractivity contribution in [3.8, 4) is 0 Å². The fraction of sp³-hybridized carbons (Fsp3) is 0.471. The zero-order chi connectivity index (χ0) is 16.5. The molecule has 22 heavy (non-hydrogen) atoms. The van der Waals surface area contributed by atoms with E-state index in [1.807, 2.05) is 58.0 Å². The van der Waals surface area contributed by atoms with Crippen molar-refractivity contribution in [3.05, 3.63) is 52.2 Å². The van der Waals surface area contributed by atoms with Crippen molar-refractivity contribution in [2.24, 2.45) is 0 Å². The highest BCUT2D eigenvalue weighted by atomic mass is 16.2. The molecule has 0 aliphatic heterocycles. The van der Waals surface area contributed by atoms with Crippen LogP contribution in [0.3, 0.4) is 0 Å². The van der Waals surface area contributed by atoms with Gasteiger partial charge in [-0.2, -0.15) is 5.10 Å². The Morgan fingerprint density at radius 2 is 1.82 bits per heavy atom. The molecular formula is C17H23N3O2. The molecule has 0 unspecified atom stereocenters. The number of rotatable bonds is 5. The van der Waals surface area contributed by atoms with Gasteiger partial charge < -0.3 is 0 Å². The molecule has 1 heterocycles. The number of nitrogens with zero attached hydrogens (tertiary/aromatic N) is 3. The van der Waals surface area contributed by atoms with E-state index in [0.29, 0.717) is 5.82 Å². The summed E-state index contributed by atoms with van der Waals surface area (Å²) in [4.78, 5) is 25.1. The SMILES string of the molecule is Cc1nn(C(C)C)c(=O)n1CC(=O)C(C)(C)c1ccccc1. The van der Waals surface area contributed by atoms with Crippen LogP contribution >= 0.6 is 0 Å². The molecule has 0 saturated heterocycles. The van der Waals surface area contributed by atoms with E-state index in [9.17, 15) is 9.59 Å². The molecule has 0 fully saturated rings. The van der Waals surface area contributed by atoms with Crippen LogP contribution in [-0.4, -0.2) is 20.1 Å². The molecular weight excluding hydrogens is 278 g/mol. The molecule has 118 valence electrons. The summed E-state index contributed by atoms with van der Waals surface area (Å²) >= 11 is 0. The van der Waals surface area contributed by atoms with Crippen LogP contribution in [0, 0.1) is 6.92 Å². The van der Waals surface area contributed by atoms with Crippen molar-refractivity contribution < 1.29 is 4.79 Å². The standard InChI is InChI=1S/C17H23N3O2/c1-12(2)20-16(22)19(13(3)18-20)11-15(21)17(4,5)14-9-7-6-8-10-14/h6-10,12H,11H2,1-5H3. The molecule has 0 bridgehead atoms. The molecule has 2 rings (SSSR count). The number of aryl methyl sites for hydroxylation is 1. The highest BCUT2D eigenvalue weighted by molar-refractivity contribution is 5.89. The Kier molecular flexibility index (Phi) is 4.35. The fourth-order valence-electron chi connectivity index (χ4n) is 2.39. The van der Waals surface area contributed by atoms with Gasteiger partial charge in [0.25, 0.3) is 0 Å². The number of aromatic nitrogens is 3. The minimum atomic E-state index is -0.646. The zero-order valence-corrected chi connectivity index (χ0v) is 13.8. The number of carbonyl (C=O) groups is 1. The minimum absolute atomic E-state index is 0.00722. The predicted molar refractivity (Wildman–Crippen MR) is 86.1 cm³/mol. The van der Waals surface area contributed by atoms with E-state index in [0.717, 1.165) is 5.56 Å². The maximum absolute atomic E-state index is 12.7. The fourth-order valence-corrected chi connectivity index (χ4v) is 2.39. The molecule has 5 nitrogen and oxygen atoms in total. The van der Waals surface area contributed by atoms with Gasteiger partial charge in [0.15, 0.2) is 5.78 Å². The summed E-state index contributed by atoms with van der Waals surface area (Å²) < 4.78 is 2.87. The highest BCUT2D eigenvalue weighted by Crippen LogP contribution is 2.24. The molecule has 1 aromatic carbocycles. The Morgan fingerprint density at radius 1 is 1.23 bits per heavy atom. The van der Waals surface area contributed by atoms with E-state index in [4.69, 9.17) is 0 Å². The average molecular weight is 301 g/mol. The van der Waals surface area contributed by atoms with Crippen molar-refractivity contribution >= 4 is 5.78 Å². The van der Waals surface area contributed by atoms with Crippen LogP contribution in [0.4, 0.5) is 0 Å². The van der Waals surface area contributed by atoms with Crippen LogP contribution in [0.1, 0.15) is 45.1 Å². The minimum Gasteiger partial charge on any atom is -0.297 e. The van der Waals surface area contributed by atoms with Gasteiger partial charge in [-0.05, 0) is 40.2 Å². The van der Waals surface area contributed by atoms with Gasteiger partial charge in [-0.25, -0.2) is 9.48 Å². The van der Waals surface area contributed by atoms with Crippen LogP contribution in [-0.2, 0) is 16.8 Å². The van der Waals surface area contributed by atoms with Crippen LogP contribution in [0.2, 0.25) is 0 Å². The lowest BCUT2D eigenvalue weighted by Gasteiger charge is -2.23. The van der Waals surface area contributed by atoms with Crippen molar-refractivity contribution in [2.45, 2.75) is 52.6 Å². The summed E-state index contributed by atoms with van der Waals surface area (Å²) in [6.45, 7) is 9.36. The lowest BCUT2D eigenvalue weighted by Crippen LogP contribution is -2.36. The molecule has 0 spiro atoms. The summed E-state index contributed by atoms with van der Waals surface area (Å²) in [5, 5.41) is 4.23. The van der Waals surface area contributed by atoms with Crippen molar-refractivity contribution in [2.75, 3.05) is 0 Å². The second-order valence-corrected chi connectivity index (χ2v) is 6.37. The number of carbonyl (C=O) groups excluding carboxylic acids is 1. The molecule has 0 amide bonds. The average Bonchev–Trinajstić information content (AvgIpc) is 2.76. The van der Waals surface area contributed by atoms with E-state index in [1.54, 1.807) is 6.92 Å². The molecule has 5 heteroatoms. The smallest absolute Gasteiger partial charge is 0.297 e. The van der Waals surface area contributed by atoms with Crippen LogP contribution in [0.25, 0.3) is 0 Å². The quantitative estimate of drug-likeness (QED) is 0.852. The Labute approximate surface area is 130 Å². The van der Waals surface area contributed by atoms with Crippen molar-refractivity contribution in [1.29, 1.82) is 0 Å². The second kappa shape index (κ2) is 5.91. The largest absolute Gasteiger partial charge is 0.346 e. The van der Waals surface area contributed by atoms with E-state index >= 15 is 0 Å². The summed E-state index contributed by atoms with van der Waals surface area (Å²) in [7, 11) is 0. The van der Waals surface area contributed by atoms with Gasteiger partial charge in [0.05, 0.1) is 18.0 Å². The van der Waals surface area contributed by atoms with E-state index < -0.39 is 5.41 Å². The van der Waals surface area contributed by atoms with Gasteiger partial charge in [0.1, 0.15) is 5.82 Å². The third kappa shape index (κ3) is 2.89. The van der Waals surface area contributed by atoms with Gasteiger partial charge in [0, 0.05) is 0 Å². The van der Waals surface area contributed by atoms with Crippen LogP contribution in [0.5, 0.6) is 0 Å². The van der Waals surface area contributed by atoms with Gasteiger partial charge in [0.2, 0.25) is 0 Å². The maximum atomic E-state index is 12.7. The Morgan fingerprint density at radius 3 is 2.32 bits per heavy atom. The molecule has 0 N–H and O–H groups in total. The first-order chi connectivity index (χ1) is 10.2. The summed E-state index contributed by atoms with van der Waals surface area (Å²) in [6, 6.07) is 9.60. The molecule has 0 atom stereocenters. The number of hydrogen-bond acceptors (Lipinski definition) is 3. The van der Waals surface area contributed by atoms with E-state index in [-0.39, 0.29) is 24.1 Å². The third-order valence-electron chi connectivity index (χ3n) is 4.05. The number of ketones is 1. The molecule has 0 saturated carbocycles. The number of benzene rings is 1. The monoisotopic (exact) mass is 301 g/mol. The summed E-state index contributed by atoms with van der Waals surface area (Å²) in [6.07, 6.45) is 0. The topological polar surface area (TPSA) is 56.9 Å². The molecule has 0 aliphatic rings. The van der Waals surface area contributed by atoms with E-state index in [1.165, 1.54) is 9.25 Å². The number of Topliss-reactive ketones (excluding diaryl/α,β-unsaturated/α-hetero) is 1. The first-order valence-electron chi connectivity index (χ1n) is 7.50. The Hall–Kier alpha value is -2.17. The Bertz CT molecular complexity index is 724. The predicted octanol–water partition coefficient (Wildman–Crippen LogP) is 2.48. The zero-order valence-electron chi connectivity index (χ0n) is 13.8. The molecule has 0 aliphatic carbocycles. The van der Waals surface area contributed by atoms with Gasteiger partial charge >= 0.3 is 5.69 Å². The van der Waals surface area contributed by atoms with Crippen molar-refractivity contribution in [1.82, 2.24) is 14.3 Å². The van der Waals surface area contributed by atoms with Gasteiger partial charge in [-0.1, -0.05) is 30.3 Å². The second-order valence-electron chi connectivity index (χ2n) is 6.37. The molecule has 0 radical (unpaired) electrons. The Balaban J connectivity index is 2.32. The molecule has 2 aromatic rings. The normalized spacial score (nSPS) is 11.9. The lowest BCUT2D eigenvalue weighted by molar-refractivity contribution is -0.124. The number of hydrogen-bond donors (Lipinski definition) is 0. The van der Waals surface area contributed by atoms with Crippen molar-refractivity contribution in [3.63, 3.8) is 0 Å². The van der Waals surface area contributed by atoms with E-state index in [2.05, 4.69) is 5.10 Å². The molecule has 1 aromatic heterocycles. The third-order valence-corrected chi connectivity index (χ3v) is 4.05. The first-order valence-corrected chi connectivity index (χ1v) is 7.50. The van der Waals surface area contributed by atoms with Crippen LogP contribution in [0.15, 0.2) is 35.1 Å².